The molecular formula is C46H58N2NiO8. The molecule has 4 aromatic carbocycles. The van der Waals surface area contributed by atoms with Crippen molar-refractivity contribution >= 4 is 34.7 Å². The normalized spacial score (nSPS) is 11.1. The van der Waals surface area contributed by atoms with Crippen LogP contribution in [0.3, 0.4) is 0 Å². The number of carboxylic acid groups (broad SMARTS) is 2. The molecule has 0 spiro atoms. The topological polar surface area (TPSA) is 186 Å². The number of phenolic OH excluding ortho intramolecular Hbond substituents is 2. The van der Waals surface area contributed by atoms with Gasteiger partial charge in [-0.2, -0.15) is 0 Å². The van der Waals surface area contributed by atoms with E-state index in [-0.39, 0.29) is 27.6 Å². The number of aromatic carboxylic acids is 2. The Labute approximate surface area is 348 Å². The Balaban J connectivity index is 0.000000438. The van der Waals surface area contributed by atoms with Crippen LogP contribution in [0.25, 0.3) is 0 Å². The van der Waals surface area contributed by atoms with Gasteiger partial charge in [-0.25, -0.2) is 9.59 Å². The maximum absolute atomic E-state index is 11.5. The summed E-state index contributed by atoms with van der Waals surface area (Å²) in [5.41, 5.74) is 6.12. The molecular weight excluding hydrogens is 767 g/mol. The summed E-state index contributed by atoms with van der Waals surface area (Å²) in [5, 5.41) is 59.6. The monoisotopic (exact) mass is 824 g/mol. The summed E-state index contributed by atoms with van der Waals surface area (Å²) in [6.07, 6.45) is 11.2. The number of para-hydroxylation sites is 2. The number of hydrogen-bond acceptors (Lipinski definition) is 8. The number of benzene rings is 4. The zero-order valence-corrected chi connectivity index (χ0v) is 35.0. The van der Waals surface area contributed by atoms with Gasteiger partial charge in [-0.15, -0.1) is 0 Å². The van der Waals surface area contributed by atoms with Crippen molar-refractivity contribution in [3.63, 3.8) is 0 Å². The van der Waals surface area contributed by atoms with Crippen LogP contribution in [0.2, 0.25) is 0 Å². The van der Waals surface area contributed by atoms with Crippen molar-refractivity contribution < 1.29 is 56.7 Å². The maximum atomic E-state index is 11.5. The average molecular weight is 826 g/mol. The Morgan fingerprint density at radius 1 is 0.561 bits per heavy atom. The number of hydrogen-bond donors (Lipinski definition) is 4. The minimum atomic E-state index is -1.27. The first-order chi connectivity index (χ1) is 26.8. The number of unbranched alkanes of at least 4 members (excludes halogenated alkanes) is 4. The second kappa shape index (κ2) is 26.7. The number of rotatable bonds is 17. The van der Waals surface area contributed by atoms with Gasteiger partial charge in [-0.05, 0) is 124 Å². The second-order valence-corrected chi connectivity index (χ2v) is 13.6. The molecule has 10 nitrogen and oxygen atoms in total. The fourth-order valence-corrected chi connectivity index (χ4v) is 5.98. The third-order valence-electron chi connectivity index (χ3n) is 9.08. The fraction of sp³-hybridized carbons (Fsp3) is 0.391. The summed E-state index contributed by atoms with van der Waals surface area (Å²) >= 11 is 0. The number of phenols is 2. The van der Waals surface area contributed by atoms with Crippen molar-refractivity contribution in [2.45, 2.75) is 119 Å². The molecule has 310 valence electrons. The fourth-order valence-electron chi connectivity index (χ4n) is 5.98. The first kappa shape index (κ1) is 49.9. The van der Waals surface area contributed by atoms with Crippen LogP contribution in [-0.2, 0) is 29.3 Å². The van der Waals surface area contributed by atoms with Gasteiger partial charge in [0.15, 0.2) is 0 Å². The third kappa shape index (κ3) is 16.1. The SMILES string of the molecule is CCCCC(=Nc1ccccc1)C(CCCC)=Nc1ccccc1.CCCCc1c(C)cc(O)c([O-])c1C(=O)O.CCCCc1c(C)cc(O)c([O-])c1C(=O)O.[Ni+2]. The Hall–Kier alpha value is -5.15. The van der Waals surface area contributed by atoms with E-state index in [1.54, 1.807) is 13.8 Å². The molecule has 57 heavy (non-hydrogen) atoms. The van der Waals surface area contributed by atoms with Crippen LogP contribution in [0.1, 0.15) is 135 Å². The van der Waals surface area contributed by atoms with Crippen LogP contribution in [0, 0.1) is 13.8 Å². The number of carbonyl (C=O) groups is 2. The largest absolute Gasteiger partial charge is 2.00 e. The molecule has 0 unspecified atom stereocenters. The molecule has 4 aromatic rings. The minimum absolute atomic E-state index is 0. The summed E-state index contributed by atoms with van der Waals surface area (Å²) in [7, 11) is 0. The van der Waals surface area contributed by atoms with Gasteiger partial charge in [0, 0.05) is 0 Å². The number of aryl methyl sites for hydroxylation is 2. The summed E-state index contributed by atoms with van der Waals surface area (Å²) in [5.74, 6) is -5.09. The first-order valence-corrected chi connectivity index (χ1v) is 19.6. The van der Waals surface area contributed by atoms with E-state index in [1.807, 2.05) is 50.2 Å². The Bertz CT molecular complexity index is 1770. The molecule has 0 aliphatic rings. The molecule has 0 atom stereocenters. The average Bonchev–Trinajstić information content (AvgIpc) is 3.17. The molecule has 0 saturated carbocycles. The van der Waals surface area contributed by atoms with Crippen LogP contribution in [-0.4, -0.2) is 43.8 Å². The van der Waals surface area contributed by atoms with Crippen molar-refractivity contribution in [1.29, 1.82) is 0 Å². The van der Waals surface area contributed by atoms with Gasteiger partial charge in [0.25, 0.3) is 0 Å². The van der Waals surface area contributed by atoms with E-state index in [9.17, 15) is 30.0 Å². The number of aliphatic imine (C=N–C) groups is 2. The Morgan fingerprint density at radius 2 is 0.877 bits per heavy atom. The number of aromatic hydroxyl groups is 2. The molecule has 0 aromatic heterocycles. The molecule has 0 aliphatic carbocycles. The van der Waals surface area contributed by atoms with Crippen molar-refractivity contribution in [3.05, 3.63) is 106 Å². The van der Waals surface area contributed by atoms with Crippen molar-refractivity contribution in [2.24, 2.45) is 9.98 Å². The van der Waals surface area contributed by atoms with Crippen molar-refractivity contribution in [2.75, 3.05) is 0 Å². The van der Waals surface area contributed by atoms with Crippen molar-refractivity contribution in [1.82, 2.24) is 0 Å². The molecule has 0 bridgehead atoms. The number of carboxylic acids is 2. The van der Waals surface area contributed by atoms with Gasteiger partial charge in [-0.1, -0.05) is 101 Å². The molecule has 11 heteroatoms. The molecule has 0 aliphatic heterocycles. The van der Waals surface area contributed by atoms with Gasteiger partial charge in [0.1, 0.15) is 11.5 Å². The quantitative estimate of drug-likeness (QED) is 0.0598. The molecule has 0 heterocycles. The standard InChI is InChI=1S/C22H28N2.2C12H16O4.Ni/c1-3-5-17-21(23-19-13-9-7-10-14-19)22(18-6-4-2)24-20-15-11-8-12-16-20;2*1-3-4-5-8-7(2)6-9(13)11(14)10(8)12(15)16;/h7-16H,3-6,17-18H2,1-2H3;2*6,13-14H,3-5H2,1-2H3,(H,15,16);/q;;;+2/p-2. The molecule has 0 fully saturated rings. The smallest absolute Gasteiger partial charge is 0.869 e. The molecule has 4 N–H and O–H groups in total. The molecule has 4 rings (SSSR count). The van der Waals surface area contributed by atoms with Crippen LogP contribution in [0.4, 0.5) is 11.4 Å². The van der Waals surface area contributed by atoms with Gasteiger partial charge in [0.05, 0.1) is 33.9 Å². The first-order valence-electron chi connectivity index (χ1n) is 19.6. The van der Waals surface area contributed by atoms with Crippen molar-refractivity contribution in [3.8, 4) is 23.0 Å². The zero-order valence-electron chi connectivity index (χ0n) is 34.0. The summed E-state index contributed by atoms with van der Waals surface area (Å²) in [6, 6.07) is 23.1. The van der Waals surface area contributed by atoms with Gasteiger partial charge in [0.2, 0.25) is 0 Å². The van der Waals surface area contributed by atoms with E-state index in [2.05, 4.69) is 38.1 Å². The predicted molar refractivity (Wildman–Crippen MR) is 222 cm³/mol. The van der Waals surface area contributed by atoms with E-state index in [4.69, 9.17) is 20.2 Å². The van der Waals surface area contributed by atoms with Crippen LogP contribution >= 0.6 is 0 Å². The Morgan fingerprint density at radius 3 is 1.16 bits per heavy atom. The summed E-state index contributed by atoms with van der Waals surface area (Å²) in [6.45, 7) is 11.8. The van der Waals surface area contributed by atoms with Gasteiger partial charge < -0.3 is 30.6 Å². The Kier molecular flexibility index (Phi) is 23.3. The summed E-state index contributed by atoms with van der Waals surface area (Å²) in [4.78, 5) is 31.9. The van der Waals surface area contributed by atoms with Gasteiger partial charge in [-0.3, -0.25) is 9.98 Å². The predicted octanol–water partition coefficient (Wildman–Crippen LogP) is 10.5. The van der Waals surface area contributed by atoms with Crippen LogP contribution < -0.4 is 10.2 Å². The van der Waals surface area contributed by atoms with Crippen LogP contribution in [0.15, 0.2) is 82.8 Å². The zero-order chi connectivity index (χ0) is 41.6. The van der Waals surface area contributed by atoms with E-state index < -0.39 is 34.9 Å². The van der Waals surface area contributed by atoms with E-state index in [1.165, 1.54) is 25.0 Å². The number of nitrogens with zero attached hydrogens (tertiary/aromatic N) is 2. The van der Waals surface area contributed by atoms with E-state index in [0.29, 0.717) is 35.1 Å². The van der Waals surface area contributed by atoms with E-state index >= 15 is 0 Å². The van der Waals surface area contributed by atoms with Crippen LogP contribution in [0.5, 0.6) is 23.0 Å². The summed E-state index contributed by atoms with van der Waals surface area (Å²) < 4.78 is 0. The van der Waals surface area contributed by atoms with Gasteiger partial charge >= 0.3 is 28.4 Å². The minimum Gasteiger partial charge on any atom is -0.869 e. The third-order valence-corrected chi connectivity index (χ3v) is 9.08. The maximum Gasteiger partial charge on any atom is 2.00 e. The molecule has 0 amide bonds. The van der Waals surface area contributed by atoms with E-state index in [0.717, 1.165) is 74.2 Å². The molecule has 0 radical (unpaired) electrons. The second-order valence-electron chi connectivity index (χ2n) is 13.6. The molecule has 0 saturated heterocycles.